The monoisotopic (exact) mass is 458 g/mol. The molecule has 2 aliphatic rings. The molecule has 3 aromatic rings. The first-order valence-corrected chi connectivity index (χ1v) is 11.0. The molecule has 0 aromatic heterocycles. The van der Waals surface area contributed by atoms with E-state index in [1.54, 1.807) is 57.2 Å². The summed E-state index contributed by atoms with van der Waals surface area (Å²) in [5.74, 6) is -1.73. The minimum Gasteiger partial charge on any atom is -0.443 e. The van der Waals surface area contributed by atoms with Crippen LogP contribution in [0.15, 0.2) is 84.0 Å². The van der Waals surface area contributed by atoms with Crippen molar-refractivity contribution >= 4 is 23.4 Å². The third-order valence-electron chi connectivity index (χ3n) is 5.88. The summed E-state index contributed by atoms with van der Waals surface area (Å²) in [6, 6.07) is 22.2. The third-order valence-corrected chi connectivity index (χ3v) is 5.88. The van der Waals surface area contributed by atoms with Gasteiger partial charge in [0.2, 0.25) is 0 Å². The van der Waals surface area contributed by atoms with Gasteiger partial charge >= 0.3 is 6.09 Å². The highest BCUT2D eigenvalue weighted by Gasteiger charge is 2.65. The number of oxime groups is 1. The predicted octanol–water partition coefficient (Wildman–Crippen LogP) is 5.52. The summed E-state index contributed by atoms with van der Waals surface area (Å²) in [6.45, 7) is 5.20. The van der Waals surface area contributed by atoms with Crippen molar-refractivity contribution in [2.45, 2.75) is 37.9 Å². The number of hydrogen-bond acceptors (Lipinski definition) is 5. The first kappa shape index (κ1) is 21.8. The first-order valence-electron chi connectivity index (χ1n) is 11.0. The lowest BCUT2D eigenvalue weighted by molar-refractivity contribution is -0.141. The van der Waals surface area contributed by atoms with Crippen LogP contribution in [0.2, 0.25) is 0 Å². The fourth-order valence-corrected chi connectivity index (χ4v) is 4.52. The number of ether oxygens (including phenoxy) is 1. The van der Waals surface area contributed by atoms with E-state index in [1.807, 2.05) is 30.3 Å². The molecule has 0 saturated heterocycles. The van der Waals surface area contributed by atoms with Crippen LogP contribution >= 0.6 is 0 Å². The van der Waals surface area contributed by atoms with E-state index in [9.17, 15) is 14.0 Å². The molecule has 0 bridgehead atoms. The Balaban J connectivity index is 1.70. The quantitative estimate of drug-likeness (QED) is 0.507. The number of hydrogen-bond donors (Lipinski definition) is 0. The molecule has 5 rings (SSSR count). The zero-order valence-electron chi connectivity index (χ0n) is 19.0. The van der Waals surface area contributed by atoms with Gasteiger partial charge in [0.25, 0.3) is 11.5 Å². The molecule has 2 unspecified atom stereocenters. The summed E-state index contributed by atoms with van der Waals surface area (Å²) >= 11 is 0. The normalized spacial score (nSPS) is 21.3. The van der Waals surface area contributed by atoms with E-state index in [2.05, 4.69) is 5.16 Å². The van der Waals surface area contributed by atoms with E-state index < -0.39 is 34.9 Å². The van der Waals surface area contributed by atoms with Crippen molar-refractivity contribution in [3.63, 3.8) is 0 Å². The van der Waals surface area contributed by atoms with Crippen LogP contribution in [-0.2, 0) is 20.0 Å². The number of benzene rings is 3. The minimum atomic E-state index is -1.64. The molecule has 2 atom stereocenters. The van der Waals surface area contributed by atoms with Crippen LogP contribution in [0.1, 0.15) is 43.4 Å². The third kappa shape index (κ3) is 3.36. The van der Waals surface area contributed by atoms with E-state index in [0.29, 0.717) is 22.5 Å². The van der Waals surface area contributed by atoms with E-state index in [-0.39, 0.29) is 0 Å². The van der Waals surface area contributed by atoms with Gasteiger partial charge < -0.3 is 9.57 Å². The lowest BCUT2D eigenvalue weighted by atomic mass is 9.74. The average Bonchev–Trinajstić information content (AvgIpc) is 3.31. The van der Waals surface area contributed by atoms with Crippen LogP contribution < -0.4 is 4.90 Å². The lowest BCUT2D eigenvalue weighted by Crippen LogP contribution is -2.48. The molecule has 7 heteroatoms. The molecule has 0 aliphatic carbocycles. The van der Waals surface area contributed by atoms with Gasteiger partial charge in [-0.3, -0.25) is 4.79 Å². The molecule has 0 fully saturated rings. The van der Waals surface area contributed by atoms with E-state index in [1.165, 1.54) is 12.1 Å². The van der Waals surface area contributed by atoms with E-state index in [4.69, 9.17) is 9.57 Å². The van der Waals surface area contributed by atoms with Crippen molar-refractivity contribution < 1.29 is 23.6 Å². The number of anilines is 1. The molecule has 2 amide bonds. The Morgan fingerprint density at radius 3 is 2.32 bits per heavy atom. The van der Waals surface area contributed by atoms with Gasteiger partial charge in [-0.2, -0.15) is 0 Å². The van der Waals surface area contributed by atoms with Gasteiger partial charge in [-0.05, 0) is 44.5 Å². The van der Waals surface area contributed by atoms with Crippen molar-refractivity contribution in [1.29, 1.82) is 0 Å². The van der Waals surface area contributed by atoms with Crippen molar-refractivity contribution in [2.24, 2.45) is 5.16 Å². The lowest BCUT2D eigenvalue weighted by Gasteiger charge is -2.29. The first-order chi connectivity index (χ1) is 16.2. The smallest absolute Gasteiger partial charge is 0.421 e. The molecule has 3 aromatic carbocycles. The number of halogens is 1. The Bertz CT molecular complexity index is 1300. The predicted molar refractivity (Wildman–Crippen MR) is 125 cm³/mol. The van der Waals surface area contributed by atoms with Crippen molar-refractivity contribution in [3.8, 4) is 0 Å². The second-order valence-corrected chi connectivity index (χ2v) is 9.29. The van der Waals surface area contributed by atoms with Crippen molar-refractivity contribution in [2.75, 3.05) is 4.90 Å². The Labute approximate surface area is 196 Å². The van der Waals surface area contributed by atoms with Crippen LogP contribution in [-0.4, -0.2) is 23.3 Å². The zero-order chi connectivity index (χ0) is 24.1. The summed E-state index contributed by atoms with van der Waals surface area (Å²) in [5.41, 5.74) is 0.331. The number of amides is 2. The molecular weight excluding hydrogens is 435 g/mol. The van der Waals surface area contributed by atoms with Gasteiger partial charge in [0.1, 0.15) is 11.4 Å². The SMILES string of the molecule is CC(C)(C)OC(=O)N1C(=O)C2(ON=C(c3ccccc3)C2c2ccc(F)cc2)c2ccccc21. The number of fused-ring (bicyclic) bond motifs is 2. The zero-order valence-corrected chi connectivity index (χ0v) is 19.0. The minimum absolute atomic E-state index is 0.373. The Hall–Kier alpha value is -4.00. The number of carbonyl (C=O) groups excluding carboxylic acids is 2. The van der Waals surface area contributed by atoms with E-state index in [0.717, 1.165) is 10.5 Å². The summed E-state index contributed by atoms with van der Waals surface area (Å²) in [6.07, 6.45) is -0.795. The molecule has 0 saturated carbocycles. The molecule has 2 heterocycles. The average molecular weight is 458 g/mol. The molecule has 34 heavy (non-hydrogen) atoms. The number of imide groups is 1. The topological polar surface area (TPSA) is 68.2 Å². The largest absolute Gasteiger partial charge is 0.443 e. The van der Waals surface area contributed by atoms with Gasteiger partial charge in [0.15, 0.2) is 0 Å². The number of nitrogens with zero attached hydrogens (tertiary/aromatic N) is 2. The Morgan fingerprint density at radius 1 is 1.00 bits per heavy atom. The second kappa shape index (κ2) is 7.80. The molecule has 0 radical (unpaired) electrons. The fraction of sp³-hybridized carbons (Fsp3) is 0.222. The highest BCUT2D eigenvalue weighted by molar-refractivity contribution is 6.24. The maximum absolute atomic E-state index is 14.1. The number of carbonyl (C=O) groups is 2. The molecular formula is C27H23FN2O4. The van der Waals surface area contributed by atoms with Gasteiger partial charge in [-0.1, -0.05) is 65.8 Å². The molecule has 2 aliphatic heterocycles. The van der Waals surface area contributed by atoms with Gasteiger partial charge in [0.05, 0.1) is 17.3 Å². The Kier molecular flexibility index (Phi) is 5.01. The van der Waals surface area contributed by atoms with Gasteiger partial charge in [-0.25, -0.2) is 14.1 Å². The summed E-state index contributed by atoms with van der Waals surface area (Å²) < 4.78 is 19.3. The summed E-state index contributed by atoms with van der Waals surface area (Å²) in [5, 5.41) is 4.36. The Morgan fingerprint density at radius 2 is 1.65 bits per heavy atom. The molecule has 0 N–H and O–H groups in total. The van der Waals surface area contributed by atoms with Gasteiger partial charge in [0, 0.05) is 11.1 Å². The molecule has 1 spiro atoms. The van der Waals surface area contributed by atoms with Crippen molar-refractivity contribution in [1.82, 2.24) is 0 Å². The van der Waals surface area contributed by atoms with Crippen LogP contribution in [0.25, 0.3) is 0 Å². The van der Waals surface area contributed by atoms with Crippen LogP contribution in [0.4, 0.5) is 14.9 Å². The maximum Gasteiger partial charge on any atom is 0.421 e. The van der Waals surface area contributed by atoms with Crippen LogP contribution in [0.3, 0.4) is 0 Å². The standard InChI is InChI=1S/C27H23FN2O4/c1-26(2,3)33-25(32)30-21-12-8-7-11-20(21)27(24(30)31)22(17-13-15-19(28)16-14-17)23(29-34-27)18-9-5-4-6-10-18/h4-16,22H,1-3H3. The van der Waals surface area contributed by atoms with Crippen LogP contribution in [0.5, 0.6) is 0 Å². The van der Waals surface area contributed by atoms with E-state index >= 15 is 0 Å². The second-order valence-electron chi connectivity index (χ2n) is 9.29. The molecule has 6 nitrogen and oxygen atoms in total. The summed E-state index contributed by atoms with van der Waals surface area (Å²) in [7, 11) is 0. The highest BCUT2D eigenvalue weighted by atomic mass is 19.1. The number of rotatable bonds is 2. The fourth-order valence-electron chi connectivity index (χ4n) is 4.52. The van der Waals surface area contributed by atoms with Gasteiger partial charge in [-0.15, -0.1) is 0 Å². The van der Waals surface area contributed by atoms with Crippen LogP contribution in [0, 0.1) is 5.82 Å². The summed E-state index contributed by atoms with van der Waals surface area (Å²) in [4.78, 5) is 34.3. The van der Waals surface area contributed by atoms with Crippen molar-refractivity contribution in [3.05, 3.63) is 101 Å². The maximum atomic E-state index is 14.1. The molecule has 172 valence electrons. The number of para-hydroxylation sites is 1. The highest BCUT2D eigenvalue weighted by Crippen LogP contribution is 2.55.